The summed E-state index contributed by atoms with van der Waals surface area (Å²) in [7, 11) is 1.54. The molecule has 1 atom stereocenters. The van der Waals surface area contributed by atoms with E-state index in [9.17, 15) is 36.2 Å². The predicted octanol–water partition coefficient (Wildman–Crippen LogP) is 7.22. The normalized spacial score (nSPS) is 21.5. The molecule has 1 aromatic heterocycles. The highest BCUT2D eigenvalue weighted by Crippen LogP contribution is 2.45. The molecular weight excluding hydrogens is 642 g/mol. The lowest BCUT2D eigenvalue weighted by atomic mass is 9.80. The summed E-state index contributed by atoms with van der Waals surface area (Å²) in [6, 6.07) is 3.22. The number of anilines is 2. The van der Waals surface area contributed by atoms with Gasteiger partial charge in [0.05, 0.1) is 37.4 Å². The van der Waals surface area contributed by atoms with Gasteiger partial charge in [0.25, 0.3) is 5.95 Å². The molecule has 3 heterocycles. The van der Waals surface area contributed by atoms with Gasteiger partial charge in [-0.1, -0.05) is 5.10 Å². The van der Waals surface area contributed by atoms with Crippen LogP contribution in [0.15, 0.2) is 24.3 Å². The molecule has 6 rings (SSSR count). The zero-order valence-electron chi connectivity index (χ0n) is 26.7. The van der Waals surface area contributed by atoms with E-state index in [0.717, 1.165) is 72.3 Å². The Balaban J connectivity index is 1.40. The van der Waals surface area contributed by atoms with Crippen molar-refractivity contribution < 1.29 is 41.0 Å². The topological polar surface area (TPSA) is 96.6 Å². The molecule has 1 saturated carbocycles. The van der Waals surface area contributed by atoms with Crippen LogP contribution in [-0.2, 0) is 48.7 Å². The summed E-state index contributed by atoms with van der Waals surface area (Å²) in [6.45, 7) is 4.03. The van der Waals surface area contributed by atoms with Crippen molar-refractivity contribution in [2.75, 3.05) is 22.9 Å². The summed E-state index contributed by atoms with van der Waals surface area (Å²) in [5, 5.41) is 21.7. The van der Waals surface area contributed by atoms with Gasteiger partial charge in [-0.05, 0) is 115 Å². The van der Waals surface area contributed by atoms with Crippen LogP contribution in [0.2, 0.25) is 0 Å². The minimum atomic E-state index is -4.98. The van der Waals surface area contributed by atoms with Gasteiger partial charge < -0.3 is 19.6 Å². The van der Waals surface area contributed by atoms with Gasteiger partial charge >= 0.3 is 18.3 Å². The van der Waals surface area contributed by atoms with Crippen molar-refractivity contribution in [3.8, 4) is 0 Å². The molecule has 2 aromatic carbocycles. The maximum Gasteiger partial charge on any atom is 0.416 e. The van der Waals surface area contributed by atoms with Gasteiger partial charge in [-0.3, -0.25) is 4.79 Å². The van der Waals surface area contributed by atoms with E-state index >= 15 is 0 Å². The van der Waals surface area contributed by atoms with Gasteiger partial charge in [-0.2, -0.15) is 31.1 Å². The van der Waals surface area contributed by atoms with E-state index in [2.05, 4.69) is 26.4 Å². The SMILES string of the molecule is Cc1c2c(cc3c1N(C[C@H]1CC[C@H](CC(=O)O)CC1)CCC[C@@H]3N(Cc1cc(C(F)(F)F)cc(C(F)(F)F)c1)c1nnn(C)n1)COC2. The number of ether oxygens (including phenoxy) is 1. The Bertz CT molecular complexity index is 1620. The number of nitrogens with zero attached hydrogens (tertiary/aromatic N) is 6. The molecule has 0 amide bonds. The molecule has 3 aliphatic rings. The van der Waals surface area contributed by atoms with Crippen molar-refractivity contribution in [1.29, 1.82) is 0 Å². The number of aromatic nitrogens is 4. The second-order valence-electron chi connectivity index (χ2n) is 13.3. The third-order valence-electron chi connectivity index (χ3n) is 9.92. The number of aliphatic carboxylic acids is 1. The number of carboxylic acids is 1. The molecule has 3 aromatic rings. The van der Waals surface area contributed by atoms with Crippen LogP contribution in [0.4, 0.5) is 38.0 Å². The van der Waals surface area contributed by atoms with Gasteiger partial charge in [0.15, 0.2) is 0 Å². The van der Waals surface area contributed by atoms with Crippen molar-refractivity contribution in [2.45, 2.75) is 90.0 Å². The van der Waals surface area contributed by atoms with Crippen LogP contribution in [0.3, 0.4) is 0 Å². The van der Waals surface area contributed by atoms with E-state index in [0.29, 0.717) is 38.5 Å². The van der Waals surface area contributed by atoms with E-state index < -0.39 is 35.5 Å². The second-order valence-corrected chi connectivity index (χ2v) is 13.3. The van der Waals surface area contributed by atoms with Gasteiger partial charge in [-0.25, -0.2) is 0 Å². The van der Waals surface area contributed by atoms with Crippen LogP contribution in [0.5, 0.6) is 0 Å². The van der Waals surface area contributed by atoms with Crippen LogP contribution in [0, 0.1) is 18.8 Å². The molecule has 0 bridgehead atoms. The van der Waals surface area contributed by atoms with Crippen LogP contribution < -0.4 is 9.80 Å². The fourth-order valence-corrected chi connectivity index (χ4v) is 7.65. The molecule has 260 valence electrons. The monoisotopic (exact) mass is 680 g/mol. The van der Waals surface area contributed by atoms with Crippen LogP contribution in [0.1, 0.15) is 89.9 Å². The van der Waals surface area contributed by atoms with Crippen molar-refractivity contribution in [3.63, 3.8) is 0 Å². The first-order valence-electron chi connectivity index (χ1n) is 16.2. The van der Waals surface area contributed by atoms with Crippen molar-refractivity contribution >= 4 is 17.6 Å². The van der Waals surface area contributed by atoms with Crippen LogP contribution in [-0.4, -0.2) is 44.4 Å². The number of tetrazole rings is 1. The molecule has 9 nitrogen and oxygen atoms in total. The van der Waals surface area contributed by atoms with Gasteiger partial charge in [0, 0.05) is 31.7 Å². The summed E-state index contributed by atoms with van der Waals surface area (Å²) in [5.41, 5.74) is 2.07. The largest absolute Gasteiger partial charge is 0.481 e. The first kappa shape index (κ1) is 34.0. The second kappa shape index (κ2) is 13.2. The third kappa shape index (κ3) is 7.25. The Morgan fingerprint density at radius 3 is 2.25 bits per heavy atom. The Labute approximate surface area is 273 Å². The average molecular weight is 681 g/mol. The smallest absolute Gasteiger partial charge is 0.416 e. The summed E-state index contributed by atoms with van der Waals surface area (Å²) in [6.07, 6.45) is -5.04. The van der Waals surface area contributed by atoms with Crippen LogP contribution in [0.25, 0.3) is 0 Å². The molecule has 1 aliphatic carbocycles. The summed E-state index contributed by atoms with van der Waals surface area (Å²) in [5.74, 6) is -0.158. The number of carboxylic acid groups (broad SMARTS) is 1. The summed E-state index contributed by atoms with van der Waals surface area (Å²) in [4.78, 5) is 16.5. The zero-order chi connectivity index (χ0) is 34.4. The lowest BCUT2D eigenvalue weighted by molar-refractivity contribution is -0.143. The van der Waals surface area contributed by atoms with E-state index in [-0.39, 0.29) is 36.5 Å². The number of carbonyl (C=O) groups is 1. The lowest BCUT2D eigenvalue weighted by Gasteiger charge is -2.36. The number of rotatable bonds is 8. The Morgan fingerprint density at radius 1 is 0.979 bits per heavy atom. The Morgan fingerprint density at radius 2 is 1.65 bits per heavy atom. The van der Waals surface area contributed by atoms with Crippen molar-refractivity contribution in [3.05, 3.63) is 63.2 Å². The summed E-state index contributed by atoms with van der Waals surface area (Å²) >= 11 is 0. The van der Waals surface area contributed by atoms with Gasteiger partial charge in [0.2, 0.25) is 0 Å². The number of benzene rings is 2. The molecule has 48 heavy (non-hydrogen) atoms. The molecule has 15 heteroatoms. The van der Waals surface area contributed by atoms with Gasteiger partial charge in [-0.15, -0.1) is 5.10 Å². The first-order valence-corrected chi connectivity index (χ1v) is 16.2. The van der Waals surface area contributed by atoms with Crippen LogP contribution >= 0.6 is 0 Å². The molecule has 2 aliphatic heterocycles. The highest BCUT2D eigenvalue weighted by Gasteiger charge is 2.39. The number of aryl methyl sites for hydroxylation is 1. The minimum Gasteiger partial charge on any atom is -0.481 e. The Hall–Kier alpha value is -3.88. The highest BCUT2D eigenvalue weighted by atomic mass is 19.4. The maximum absolute atomic E-state index is 13.8. The Kier molecular flexibility index (Phi) is 9.35. The molecule has 0 saturated heterocycles. The molecule has 0 spiro atoms. The molecule has 0 radical (unpaired) electrons. The highest BCUT2D eigenvalue weighted by molar-refractivity contribution is 5.68. The van der Waals surface area contributed by atoms with E-state index in [4.69, 9.17) is 4.74 Å². The standard InChI is InChI=1S/C33H38F6N6O3/c1-19-27-18-48-17-23(27)13-26-28(4-3-9-44(30(19)26)15-21-7-5-20(6-8-21)12-29(46)47)45(31-40-42-43(2)41-31)16-22-10-24(32(34,35)36)14-25(11-22)33(37,38)39/h10-11,13-14,20-21,28H,3-9,12,15-18H2,1-2H3,(H,46,47)/t20-,21-,28-/m0/s1. The number of fused-ring (bicyclic) bond motifs is 2. The fourth-order valence-electron chi connectivity index (χ4n) is 7.65. The minimum absolute atomic E-state index is 0.0963. The molecule has 1 fully saturated rings. The van der Waals surface area contributed by atoms with E-state index in [1.165, 1.54) is 4.80 Å². The summed E-state index contributed by atoms with van der Waals surface area (Å²) < 4.78 is 88.8. The fraction of sp³-hybridized carbons (Fsp3) is 0.576. The van der Waals surface area contributed by atoms with E-state index in [1.54, 1.807) is 11.9 Å². The third-order valence-corrected chi connectivity index (χ3v) is 9.92. The molecular formula is C33H38F6N6O3. The molecule has 0 unspecified atom stereocenters. The number of hydrogen-bond acceptors (Lipinski definition) is 7. The number of halogens is 6. The molecule has 1 N–H and O–H groups in total. The quantitative estimate of drug-likeness (QED) is 0.250. The first-order chi connectivity index (χ1) is 22.7. The number of alkyl halides is 6. The van der Waals surface area contributed by atoms with Crippen molar-refractivity contribution in [1.82, 2.24) is 20.2 Å². The van der Waals surface area contributed by atoms with Crippen molar-refractivity contribution in [2.24, 2.45) is 18.9 Å². The predicted molar refractivity (Wildman–Crippen MR) is 163 cm³/mol. The average Bonchev–Trinajstić information content (AvgIpc) is 3.62. The van der Waals surface area contributed by atoms with E-state index in [1.807, 2.05) is 6.92 Å². The maximum atomic E-state index is 13.8. The number of hydrogen-bond donors (Lipinski definition) is 1. The lowest BCUT2D eigenvalue weighted by Crippen LogP contribution is -2.34. The zero-order valence-corrected chi connectivity index (χ0v) is 26.7. The van der Waals surface area contributed by atoms with Gasteiger partial charge in [0.1, 0.15) is 0 Å².